The summed E-state index contributed by atoms with van der Waals surface area (Å²) in [5.41, 5.74) is 6.55. The van der Waals surface area contributed by atoms with Crippen molar-refractivity contribution in [3.63, 3.8) is 0 Å². The highest BCUT2D eigenvalue weighted by Gasteiger charge is 2.12. The number of sulfonamides is 1. The van der Waals surface area contributed by atoms with Crippen LogP contribution in [0.25, 0.3) is 5.69 Å². The molecule has 0 radical (unpaired) electrons. The van der Waals surface area contributed by atoms with Crippen LogP contribution in [0, 0.1) is 17.4 Å². The first-order chi connectivity index (χ1) is 13.7. The van der Waals surface area contributed by atoms with Crippen LogP contribution in [0.15, 0.2) is 64.6 Å². The Balaban J connectivity index is 1.80. The molecule has 3 rings (SSSR count). The molecule has 0 saturated heterocycles. The van der Waals surface area contributed by atoms with E-state index in [1.54, 1.807) is 30.5 Å². The number of nitrogens with zero attached hydrogens (tertiary/aromatic N) is 2. The van der Waals surface area contributed by atoms with E-state index in [9.17, 15) is 13.2 Å². The number of hydrogen-bond acceptors (Lipinski definition) is 4. The highest BCUT2D eigenvalue weighted by atomic mass is 127. The Morgan fingerprint density at radius 1 is 1.14 bits per heavy atom. The summed E-state index contributed by atoms with van der Waals surface area (Å²) < 4.78 is 25.8. The van der Waals surface area contributed by atoms with Crippen molar-refractivity contribution in [1.29, 1.82) is 0 Å². The molecule has 9 heteroatoms. The van der Waals surface area contributed by atoms with Crippen LogP contribution in [0.5, 0.6) is 0 Å². The van der Waals surface area contributed by atoms with Gasteiger partial charge in [-0.1, -0.05) is 6.07 Å². The fraction of sp³-hybridized carbons (Fsp3) is 0.100. The third-order valence-electron chi connectivity index (χ3n) is 4.35. The van der Waals surface area contributed by atoms with Crippen LogP contribution in [0.1, 0.15) is 27.3 Å². The van der Waals surface area contributed by atoms with Gasteiger partial charge in [0.05, 0.1) is 11.1 Å². The Bertz CT molecular complexity index is 1200. The summed E-state index contributed by atoms with van der Waals surface area (Å²) in [4.78, 5) is 12.2. The van der Waals surface area contributed by atoms with Crippen LogP contribution in [-0.4, -0.2) is 25.1 Å². The highest BCUT2D eigenvalue weighted by molar-refractivity contribution is 14.1. The largest absolute Gasteiger partial charge is 0.318 e. The third-order valence-corrected chi connectivity index (χ3v) is 5.95. The summed E-state index contributed by atoms with van der Waals surface area (Å²) in [5.74, 6) is -0.285. The zero-order valence-electron chi connectivity index (χ0n) is 15.8. The van der Waals surface area contributed by atoms with Gasteiger partial charge in [-0.2, -0.15) is 5.10 Å². The van der Waals surface area contributed by atoms with Crippen molar-refractivity contribution in [1.82, 2.24) is 9.99 Å². The number of rotatable bonds is 5. The lowest BCUT2D eigenvalue weighted by Gasteiger charge is -2.10. The molecule has 1 aromatic heterocycles. The third kappa shape index (κ3) is 4.92. The average molecular weight is 522 g/mol. The molecule has 7 nitrogen and oxygen atoms in total. The number of primary sulfonamides is 1. The topological polar surface area (TPSA) is 107 Å². The monoisotopic (exact) mass is 522 g/mol. The second-order valence-corrected chi connectivity index (χ2v) is 9.22. The smallest absolute Gasteiger partial charge is 0.271 e. The van der Waals surface area contributed by atoms with E-state index in [-0.39, 0.29) is 10.8 Å². The first-order valence-corrected chi connectivity index (χ1v) is 11.2. The molecule has 0 aliphatic heterocycles. The summed E-state index contributed by atoms with van der Waals surface area (Å²) in [7, 11) is -3.73. The van der Waals surface area contributed by atoms with Crippen molar-refractivity contribution < 1.29 is 13.2 Å². The van der Waals surface area contributed by atoms with Crippen LogP contribution >= 0.6 is 22.6 Å². The van der Waals surface area contributed by atoms with Gasteiger partial charge in [0.25, 0.3) is 5.91 Å². The molecule has 3 aromatic rings. The number of aryl methyl sites for hydroxylation is 1. The number of hydrazone groups is 1. The molecular formula is C20H19IN4O3S. The van der Waals surface area contributed by atoms with Crippen LogP contribution in [-0.2, 0) is 10.0 Å². The summed E-state index contributed by atoms with van der Waals surface area (Å²) in [5, 5.41) is 9.22. The fourth-order valence-corrected chi connectivity index (χ4v) is 4.01. The standard InChI is InChI=1S/C20H19IN4O3S/c1-13-10-16(12-23-24-20(26)15-4-3-5-17(21)11-15)14(2)25(13)18-6-8-19(9-7-18)29(22,27)28/h3-12H,1-2H3,(H,24,26)(H2,22,27,28)/b23-12-. The van der Waals surface area contributed by atoms with Crippen molar-refractivity contribution in [2.24, 2.45) is 10.2 Å². The quantitative estimate of drug-likeness (QED) is 0.306. The molecule has 0 fully saturated rings. The zero-order chi connectivity index (χ0) is 21.2. The lowest BCUT2D eigenvalue weighted by molar-refractivity contribution is 0.0955. The molecule has 0 atom stereocenters. The highest BCUT2D eigenvalue weighted by Crippen LogP contribution is 2.21. The number of amides is 1. The van der Waals surface area contributed by atoms with Crippen molar-refractivity contribution in [2.45, 2.75) is 18.7 Å². The normalized spacial score (nSPS) is 11.7. The zero-order valence-corrected chi connectivity index (χ0v) is 18.7. The minimum absolute atomic E-state index is 0.0591. The van der Waals surface area contributed by atoms with Gasteiger partial charge in [-0.05, 0) is 85.0 Å². The minimum Gasteiger partial charge on any atom is -0.318 e. The maximum atomic E-state index is 12.2. The molecule has 1 heterocycles. The van der Waals surface area contributed by atoms with Gasteiger partial charge in [-0.15, -0.1) is 0 Å². The summed E-state index contributed by atoms with van der Waals surface area (Å²) in [6.45, 7) is 3.85. The predicted molar refractivity (Wildman–Crippen MR) is 121 cm³/mol. The Kier molecular flexibility index (Phi) is 6.20. The maximum Gasteiger partial charge on any atom is 0.271 e. The van der Waals surface area contributed by atoms with Gasteiger partial charge < -0.3 is 4.57 Å². The average Bonchev–Trinajstić information content (AvgIpc) is 2.94. The molecule has 0 spiro atoms. The fourth-order valence-electron chi connectivity index (χ4n) is 2.96. The van der Waals surface area contributed by atoms with Crippen molar-refractivity contribution in [3.8, 4) is 5.69 Å². The number of halogens is 1. The molecule has 0 unspecified atom stereocenters. The van der Waals surface area contributed by atoms with Crippen LogP contribution in [0.2, 0.25) is 0 Å². The van der Waals surface area contributed by atoms with Gasteiger partial charge in [0.1, 0.15) is 0 Å². The van der Waals surface area contributed by atoms with Crippen LogP contribution < -0.4 is 10.6 Å². The van der Waals surface area contributed by atoms with Gasteiger partial charge in [0, 0.05) is 31.8 Å². The van der Waals surface area contributed by atoms with E-state index in [1.807, 2.05) is 36.6 Å². The van der Waals surface area contributed by atoms with E-state index in [1.165, 1.54) is 12.1 Å². The molecule has 150 valence electrons. The molecule has 1 amide bonds. The molecule has 0 aliphatic rings. The first kappa shape index (κ1) is 21.2. The lowest BCUT2D eigenvalue weighted by Crippen LogP contribution is -2.17. The molecule has 29 heavy (non-hydrogen) atoms. The second kappa shape index (κ2) is 8.47. The molecule has 2 aromatic carbocycles. The van der Waals surface area contributed by atoms with E-state index in [0.29, 0.717) is 5.56 Å². The van der Waals surface area contributed by atoms with Crippen LogP contribution in [0.3, 0.4) is 0 Å². The van der Waals surface area contributed by atoms with Crippen molar-refractivity contribution >= 4 is 44.7 Å². The number of nitrogens with two attached hydrogens (primary N) is 1. The van der Waals surface area contributed by atoms with Gasteiger partial charge in [0.2, 0.25) is 10.0 Å². The van der Waals surface area contributed by atoms with E-state index in [4.69, 9.17) is 5.14 Å². The van der Waals surface area contributed by atoms with E-state index in [0.717, 1.165) is 26.2 Å². The number of aromatic nitrogens is 1. The maximum absolute atomic E-state index is 12.2. The van der Waals surface area contributed by atoms with E-state index >= 15 is 0 Å². The predicted octanol–water partition coefficient (Wildman–Crippen LogP) is 3.11. The van der Waals surface area contributed by atoms with E-state index < -0.39 is 10.0 Å². The van der Waals surface area contributed by atoms with E-state index in [2.05, 4.69) is 33.1 Å². The minimum atomic E-state index is -3.73. The van der Waals surface area contributed by atoms with Gasteiger partial charge >= 0.3 is 0 Å². The number of carbonyl (C=O) groups is 1. The summed E-state index contributed by atoms with van der Waals surface area (Å²) in [6.07, 6.45) is 1.59. The number of nitrogens with one attached hydrogen (secondary N) is 1. The Hall–Kier alpha value is -2.50. The Labute approximate surface area is 182 Å². The van der Waals surface area contributed by atoms with Gasteiger partial charge in [-0.25, -0.2) is 19.0 Å². The van der Waals surface area contributed by atoms with Crippen molar-refractivity contribution in [3.05, 3.63) is 80.7 Å². The molecule has 0 saturated carbocycles. The Morgan fingerprint density at radius 3 is 2.45 bits per heavy atom. The summed E-state index contributed by atoms with van der Waals surface area (Å²) >= 11 is 2.15. The molecule has 0 aliphatic carbocycles. The lowest BCUT2D eigenvalue weighted by atomic mass is 10.2. The van der Waals surface area contributed by atoms with Gasteiger partial charge in [-0.3, -0.25) is 4.79 Å². The van der Waals surface area contributed by atoms with Crippen molar-refractivity contribution in [2.75, 3.05) is 0 Å². The van der Waals surface area contributed by atoms with Crippen LogP contribution in [0.4, 0.5) is 0 Å². The molecule has 3 N–H and O–H groups in total. The number of hydrogen-bond donors (Lipinski definition) is 2. The summed E-state index contributed by atoms with van der Waals surface area (Å²) in [6, 6.07) is 15.5. The molecule has 0 bridgehead atoms. The number of benzene rings is 2. The number of carbonyl (C=O) groups excluding carboxylic acids is 1. The SMILES string of the molecule is Cc1cc(/C=N\NC(=O)c2cccc(I)c2)c(C)n1-c1ccc(S(N)(=O)=O)cc1. The van der Waals surface area contributed by atoms with Gasteiger partial charge in [0.15, 0.2) is 0 Å². The first-order valence-electron chi connectivity index (χ1n) is 8.58. The molecular weight excluding hydrogens is 503 g/mol. The second-order valence-electron chi connectivity index (χ2n) is 6.41. The Morgan fingerprint density at radius 2 is 1.83 bits per heavy atom.